The third kappa shape index (κ3) is 4.92. The second kappa shape index (κ2) is 7.32. The van der Waals surface area contributed by atoms with E-state index in [9.17, 15) is 14.9 Å². The quantitative estimate of drug-likeness (QED) is 0.433. The van der Waals surface area contributed by atoms with E-state index >= 15 is 0 Å². The van der Waals surface area contributed by atoms with E-state index in [4.69, 9.17) is 4.74 Å². The Balaban J connectivity index is 2.60. The zero-order valence-corrected chi connectivity index (χ0v) is 10.9. The maximum atomic E-state index is 11.0. The monoisotopic (exact) mass is 267 g/mol. The number of methoxy groups -OCH3 is 1. The van der Waals surface area contributed by atoms with E-state index in [1.165, 1.54) is 19.2 Å². The van der Waals surface area contributed by atoms with Crippen LogP contribution >= 0.6 is 0 Å². The lowest BCUT2D eigenvalue weighted by Crippen LogP contribution is -2.24. The third-order valence-corrected chi connectivity index (χ3v) is 2.53. The lowest BCUT2D eigenvalue weighted by atomic mass is 10.2. The summed E-state index contributed by atoms with van der Waals surface area (Å²) in [6.45, 7) is 0.944. The van der Waals surface area contributed by atoms with Crippen LogP contribution in [-0.4, -0.2) is 31.5 Å². The zero-order valence-electron chi connectivity index (χ0n) is 10.9. The first-order valence-corrected chi connectivity index (χ1v) is 5.80. The van der Waals surface area contributed by atoms with Gasteiger partial charge in [-0.3, -0.25) is 14.9 Å². The van der Waals surface area contributed by atoms with Crippen molar-refractivity contribution in [2.24, 2.45) is 0 Å². The van der Waals surface area contributed by atoms with Gasteiger partial charge in [-0.15, -0.1) is 0 Å². The molecule has 0 radical (unpaired) electrons. The van der Waals surface area contributed by atoms with Gasteiger partial charge >= 0.3 is 0 Å². The molecule has 104 valence electrons. The number of ether oxygens (including phenoxy) is 1. The first-order chi connectivity index (χ1) is 9.06. The standard InChI is InChI=1S/C12H17N3O4/c1-13-12(16)3-4-14-8-9-5-10(15(17)18)7-11(6-9)19-2/h5-7,14H,3-4,8H2,1-2H3,(H,13,16). The fourth-order valence-corrected chi connectivity index (χ4v) is 1.53. The van der Waals surface area contributed by atoms with E-state index in [2.05, 4.69) is 10.6 Å². The van der Waals surface area contributed by atoms with E-state index < -0.39 is 4.92 Å². The van der Waals surface area contributed by atoms with E-state index in [0.717, 1.165) is 5.56 Å². The van der Waals surface area contributed by atoms with Crippen LogP contribution in [0.25, 0.3) is 0 Å². The van der Waals surface area contributed by atoms with E-state index in [-0.39, 0.29) is 11.6 Å². The highest BCUT2D eigenvalue weighted by molar-refractivity contribution is 5.75. The number of hydrogen-bond donors (Lipinski definition) is 2. The molecule has 0 saturated heterocycles. The molecular formula is C12H17N3O4. The van der Waals surface area contributed by atoms with Crippen molar-refractivity contribution in [3.63, 3.8) is 0 Å². The van der Waals surface area contributed by atoms with Crippen molar-refractivity contribution in [2.75, 3.05) is 20.7 Å². The van der Waals surface area contributed by atoms with Crippen LogP contribution in [0.3, 0.4) is 0 Å². The molecule has 7 nitrogen and oxygen atoms in total. The molecule has 2 N–H and O–H groups in total. The highest BCUT2D eigenvalue weighted by Gasteiger charge is 2.10. The van der Waals surface area contributed by atoms with Crippen LogP contribution in [0.4, 0.5) is 5.69 Å². The van der Waals surface area contributed by atoms with E-state index in [0.29, 0.717) is 25.3 Å². The van der Waals surface area contributed by atoms with Crippen molar-refractivity contribution in [1.82, 2.24) is 10.6 Å². The fourth-order valence-electron chi connectivity index (χ4n) is 1.53. The molecule has 0 saturated carbocycles. The van der Waals surface area contributed by atoms with Crippen LogP contribution in [0, 0.1) is 10.1 Å². The lowest BCUT2D eigenvalue weighted by Gasteiger charge is -2.07. The molecule has 1 amide bonds. The maximum absolute atomic E-state index is 11.0. The number of benzene rings is 1. The largest absolute Gasteiger partial charge is 0.496 e. The minimum Gasteiger partial charge on any atom is -0.496 e. The second-order valence-electron chi connectivity index (χ2n) is 3.90. The molecule has 0 spiro atoms. The summed E-state index contributed by atoms with van der Waals surface area (Å²) in [7, 11) is 3.04. The summed E-state index contributed by atoms with van der Waals surface area (Å²) < 4.78 is 5.01. The Morgan fingerprint density at radius 1 is 1.42 bits per heavy atom. The summed E-state index contributed by atoms with van der Waals surface area (Å²) in [4.78, 5) is 21.3. The Hall–Kier alpha value is -2.15. The van der Waals surface area contributed by atoms with Gasteiger partial charge in [0, 0.05) is 32.6 Å². The summed E-state index contributed by atoms with van der Waals surface area (Å²) in [5.74, 6) is 0.390. The maximum Gasteiger partial charge on any atom is 0.273 e. The molecule has 0 unspecified atom stereocenters. The Morgan fingerprint density at radius 3 is 2.74 bits per heavy atom. The van der Waals surface area contributed by atoms with Gasteiger partial charge in [0.15, 0.2) is 0 Å². The second-order valence-corrected chi connectivity index (χ2v) is 3.90. The van der Waals surface area contributed by atoms with Crippen LogP contribution in [0.15, 0.2) is 18.2 Å². The number of hydrogen-bond acceptors (Lipinski definition) is 5. The fraction of sp³-hybridized carbons (Fsp3) is 0.417. The molecule has 0 fully saturated rings. The molecule has 0 aliphatic carbocycles. The molecule has 0 aromatic heterocycles. The number of nitrogens with zero attached hydrogens (tertiary/aromatic N) is 1. The van der Waals surface area contributed by atoms with Crippen molar-refractivity contribution in [3.05, 3.63) is 33.9 Å². The lowest BCUT2D eigenvalue weighted by molar-refractivity contribution is -0.385. The summed E-state index contributed by atoms with van der Waals surface area (Å²) in [5, 5.41) is 16.3. The Labute approximate surface area is 111 Å². The summed E-state index contributed by atoms with van der Waals surface area (Å²) in [6.07, 6.45) is 0.364. The molecule has 0 atom stereocenters. The number of amides is 1. The Morgan fingerprint density at radius 2 is 2.16 bits per heavy atom. The number of nitro benzene ring substituents is 1. The third-order valence-electron chi connectivity index (χ3n) is 2.53. The van der Waals surface area contributed by atoms with Gasteiger partial charge in [-0.25, -0.2) is 0 Å². The molecule has 1 aromatic carbocycles. The van der Waals surface area contributed by atoms with Gasteiger partial charge in [-0.2, -0.15) is 0 Å². The zero-order chi connectivity index (χ0) is 14.3. The average Bonchev–Trinajstić information content (AvgIpc) is 2.42. The SMILES string of the molecule is CNC(=O)CCNCc1cc(OC)cc([N+](=O)[O-])c1. The summed E-state index contributed by atoms with van der Waals surface area (Å²) in [6, 6.07) is 4.57. The molecule has 1 aromatic rings. The predicted octanol–water partition coefficient (Wildman–Crippen LogP) is 0.829. The Bertz CT molecular complexity index is 462. The van der Waals surface area contributed by atoms with Gasteiger partial charge in [0.2, 0.25) is 5.91 Å². The smallest absolute Gasteiger partial charge is 0.273 e. The van der Waals surface area contributed by atoms with Crippen LogP contribution < -0.4 is 15.4 Å². The van der Waals surface area contributed by atoms with Gasteiger partial charge in [-0.05, 0) is 11.6 Å². The molecule has 1 rings (SSSR count). The van der Waals surface area contributed by atoms with Crippen LogP contribution in [0.5, 0.6) is 5.75 Å². The van der Waals surface area contributed by atoms with Gasteiger partial charge in [0.1, 0.15) is 5.75 Å². The molecule has 0 bridgehead atoms. The number of carbonyl (C=O) groups excluding carboxylic acids is 1. The predicted molar refractivity (Wildman–Crippen MR) is 70.0 cm³/mol. The molecule has 0 heterocycles. The van der Waals surface area contributed by atoms with E-state index in [1.54, 1.807) is 13.1 Å². The number of carbonyl (C=O) groups is 1. The van der Waals surface area contributed by atoms with Crippen molar-refractivity contribution >= 4 is 11.6 Å². The highest BCUT2D eigenvalue weighted by atomic mass is 16.6. The van der Waals surface area contributed by atoms with Gasteiger partial charge in [0.25, 0.3) is 5.69 Å². The minimum absolute atomic E-state index is 0.0116. The normalized spacial score (nSPS) is 10.0. The molecular weight excluding hydrogens is 250 g/mol. The van der Waals surface area contributed by atoms with Crippen molar-refractivity contribution in [1.29, 1.82) is 0 Å². The topological polar surface area (TPSA) is 93.5 Å². The van der Waals surface area contributed by atoms with Crippen LogP contribution in [-0.2, 0) is 11.3 Å². The number of nitrogens with one attached hydrogen (secondary N) is 2. The summed E-state index contributed by atoms with van der Waals surface area (Å²) >= 11 is 0. The first-order valence-electron chi connectivity index (χ1n) is 5.80. The minimum atomic E-state index is -0.462. The van der Waals surface area contributed by atoms with Crippen molar-refractivity contribution in [2.45, 2.75) is 13.0 Å². The van der Waals surface area contributed by atoms with Gasteiger partial charge < -0.3 is 15.4 Å². The molecule has 0 aliphatic rings. The van der Waals surface area contributed by atoms with Gasteiger partial charge in [-0.1, -0.05) is 0 Å². The molecule has 0 aliphatic heterocycles. The van der Waals surface area contributed by atoms with Crippen LogP contribution in [0.2, 0.25) is 0 Å². The van der Waals surface area contributed by atoms with Crippen LogP contribution in [0.1, 0.15) is 12.0 Å². The van der Waals surface area contributed by atoms with Crippen molar-refractivity contribution in [3.8, 4) is 5.75 Å². The first kappa shape index (κ1) is 14.9. The molecule has 19 heavy (non-hydrogen) atoms. The highest BCUT2D eigenvalue weighted by Crippen LogP contribution is 2.22. The van der Waals surface area contributed by atoms with E-state index in [1.807, 2.05) is 0 Å². The Kier molecular flexibility index (Phi) is 5.74. The number of non-ortho nitro benzene ring substituents is 1. The van der Waals surface area contributed by atoms with Gasteiger partial charge in [0.05, 0.1) is 18.1 Å². The molecule has 7 heteroatoms. The number of rotatable bonds is 7. The van der Waals surface area contributed by atoms with Crippen molar-refractivity contribution < 1.29 is 14.5 Å². The number of nitro groups is 1. The average molecular weight is 267 g/mol. The summed E-state index contributed by atoms with van der Waals surface area (Å²) in [5.41, 5.74) is 0.727.